The van der Waals surface area contributed by atoms with E-state index in [2.05, 4.69) is 46.4 Å². The standard InChI is InChI=1S/C12H20/c1-7-11(8-2)9-10(3)12(4,5)6/h7-9H,1H2,2-6H3/b10-9+,11-8-. The first-order valence-electron chi connectivity index (χ1n) is 4.39. The van der Waals surface area contributed by atoms with Crippen LogP contribution in [0.4, 0.5) is 0 Å². The fourth-order valence-corrected chi connectivity index (χ4v) is 0.727. The molecule has 0 unspecified atom stereocenters. The van der Waals surface area contributed by atoms with Gasteiger partial charge in [0.1, 0.15) is 0 Å². The van der Waals surface area contributed by atoms with E-state index in [1.807, 2.05) is 13.0 Å². The van der Waals surface area contributed by atoms with Crippen LogP contribution >= 0.6 is 0 Å². The van der Waals surface area contributed by atoms with E-state index in [1.165, 1.54) is 11.1 Å². The van der Waals surface area contributed by atoms with Crippen LogP contribution in [0.25, 0.3) is 0 Å². The van der Waals surface area contributed by atoms with Crippen LogP contribution in [0, 0.1) is 5.41 Å². The monoisotopic (exact) mass is 164 g/mol. The van der Waals surface area contributed by atoms with Gasteiger partial charge in [0.25, 0.3) is 0 Å². The van der Waals surface area contributed by atoms with Gasteiger partial charge in [0, 0.05) is 0 Å². The van der Waals surface area contributed by atoms with Crippen molar-refractivity contribution in [2.45, 2.75) is 34.6 Å². The van der Waals surface area contributed by atoms with Crippen LogP contribution in [0.5, 0.6) is 0 Å². The zero-order valence-electron chi connectivity index (χ0n) is 8.94. The number of hydrogen-bond donors (Lipinski definition) is 0. The largest absolute Gasteiger partial charge is 0.0985 e. The van der Waals surface area contributed by atoms with Crippen LogP contribution in [-0.2, 0) is 0 Å². The predicted molar refractivity (Wildman–Crippen MR) is 57.2 cm³/mol. The Morgan fingerprint density at radius 1 is 1.25 bits per heavy atom. The van der Waals surface area contributed by atoms with Crippen molar-refractivity contribution in [1.82, 2.24) is 0 Å². The number of allylic oxidation sites excluding steroid dienone is 5. The molecule has 0 amide bonds. The summed E-state index contributed by atoms with van der Waals surface area (Å²) in [4.78, 5) is 0. The Morgan fingerprint density at radius 3 is 2.00 bits per heavy atom. The fourth-order valence-electron chi connectivity index (χ4n) is 0.727. The SMILES string of the molecule is C=CC(=C/C)/C=C(\C)C(C)(C)C. The molecule has 0 aromatic carbocycles. The second-order valence-corrected chi connectivity index (χ2v) is 4.07. The smallest absolute Gasteiger partial charge is 0.0172 e. The van der Waals surface area contributed by atoms with Gasteiger partial charge in [0.05, 0.1) is 0 Å². The summed E-state index contributed by atoms with van der Waals surface area (Å²) in [6, 6.07) is 0. The molecule has 0 rings (SSSR count). The molecule has 0 atom stereocenters. The lowest BCUT2D eigenvalue weighted by molar-refractivity contribution is 0.504. The molecule has 0 bridgehead atoms. The minimum Gasteiger partial charge on any atom is -0.0985 e. The van der Waals surface area contributed by atoms with Gasteiger partial charge in [0.15, 0.2) is 0 Å². The molecular formula is C12H20. The van der Waals surface area contributed by atoms with Crippen LogP contribution in [-0.4, -0.2) is 0 Å². The zero-order chi connectivity index (χ0) is 9.78. The van der Waals surface area contributed by atoms with Crippen molar-refractivity contribution < 1.29 is 0 Å². The van der Waals surface area contributed by atoms with E-state index >= 15 is 0 Å². The van der Waals surface area contributed by atoms with Gasteiger partial charge in [-0.25, -0.2) is 0 Å². The van der Waals surface area contributed by atoms with Crippen molar-refractivity contribution >= 4 is 0 Å². The maximum absolute atomic E-state index is 3.75. The molecule has 68 valence electrons. The molecular weight excluding hydrogens is 144 g/mol. The lowest BCUT2D eigenvalue weighted by atomic mass is 9.86. The summed E-state index contributed by atoms with van der Waals surface area (Å²) in [7, 11) is 0. The number of hydrogen-bond acceptors (Lipinski definition) is 0. The third kappa shape index (κ3) is 3.56. The second-order valence-electron chi connectivity index (χ2n) is 4.07. The summed E-state index contributed by atoms with van der Waals surface area (Å²) < 4.78 is 0. The third-order valence-corrected chi connectivity index (χ3v) is 2.14. The van der Waals surface area contributed by atoms with Crippen LogP contribution in [0.1, 0.15) is 34.6 Å². The van der Waals surface area contributed by atoms with E-state index in [-0.39, 0.29) is 5.41 Å². The van der Waals surface area contributed by atoms with Gasteiger partial charge in [0.2, 0.25) is 0 Å². The Morgan fingerprint density at radius 2 is 1.75 bits per heavy atom. The first kappa shape index (κ1) is 11.2. The lowest BCUT2D eigenvalue weighted by Crippen LogP contribution is -2.06. The fraction of sp³-hybridized carbons (Fsp3) is 0.500. The molecule has 0 nitrogen and oxygen atoms in total. The van der Waals surface area contributed by atoms with Crippen molar-refractivity contribution in [1.29, 1.82) is 0 Å². The molecule has 0 heteroatoms. The van der Waals surface area contributed by atoms with E-state index in [4.69, 9.17) is 0 Å². The van der Waals surface area contributed by atoms with E-state index in [0.29, 0.717) is 0 Å². The molecule has 12 heavy (non-hydrogen) atoms. The van der Waals surface area contributed by atoms with E-state index < -0.39 is 0 Å². The Labute approximate surface area is 76.7 Å². The molecule has 0 aliphatic heterocycles. The van der Waals surface area contributed by atoms with Crippen LogP contribution in [0.15, 0.2) is 36.0 Å². The van der Waals surface area contributed by atoms with Crippen molar-refractivity contribution in [3.63, 3.8) is 0 Å². The summed E-state index contributed by atoms with van der Waals surface area (Å²) in [5, 5.41) is 0. The minimum absolute atomic E-state index is 0.261. The molecule has 0 saturated heterocycles. The maximum atomic E-state index is 3.75. The highest BCUT2D eigenvalue weighted by molar-refractivity contribution is 5.32. The Hall–Kier alpha value is -0.780. The summed E-state index contributed by atoms with van der Waals surface area (Å²) in [6.07, 6.45) is 6.14. The number of rotatable bonds is 2. The highest BCUT2D eigenvalue weighted by Gasteiger charge is 2.11. The van der Waals surface area contributed by atoms with Gasteiger partial charge < -0.3 is 0 Å². The molecule has 0 N–H and O–H groups in total. The third-order valence-electron chi connectivity index (χ3n) is 2.14. The zero-order valence-corrected chi connectivity index (χ0v) is 8.94. The molecule has 0 heterocycles. The van der Waals surface area contributed by atoms with Crippen molar-refractivity contribution in [3.05, 3.63) is 36.0 Å². The van der Waals surface area contributed by atoms with Crippen molar-refractivity contribution in [3.8, 4) is 0 Å². The molecule has 0 aliphatic carbocycles. The first-order valence-corrected chi connectivity index (χ1v) is 4.39. The second kappa shape index (κ2) is 4.30. The molecule has 0 radical (unpaired) electrons. The Balaban J connectivity index is 4.67. The lowest BCUT2D eigenvalue weighted by Gasteiger charge is -2.19. The molecule has 0 saturated carbocycles. The van der Waals surface area contributed by atoms with E-state index in [9.17, 15) is 0 Å². The summed E-state index contributed by atoms with van der Waals surface area (Å²) in [5.74, 6) is 0. The van der Waals surface area contributed by atoms with Gasteiger partial charge in [-0.15, -0.1) is 0 Å². The normalized spacial score (nSPS) is 14.8. The highest BCUT2D eigenvalue weighted by atomic mass is 14.2. The first-order chi connectivity index (χ1) is 5.41. The quantitative estimate of drug-likeness (QED) is 0.539. The average Bonchev–Trinajstić information content (AvgIpc) is 1.97. The molecule has 0 aliphatic rings. The van der Waals surface area contributed by atoms with Crippen LogP contribution < -0.4 is 0 Å². The summed E-state index contributed by atoms with van der Waals surface area (Å²) in [5.41, 5.74) is 2.84. The minimum atomic E-state index is 0.261. The van der Waals surface area contributed by atoms with Gasteiger partial charge >= 0.3 is 0 Å². The van der Waals surface area contributed by atoms with E-state index in [1.54, 1.807) is 0 Å². The maximum Gasteiger partial charge on any atom is -0.0172 e. The predicted octanol–water partition coefficient (Wildman–Crippen LogP) is 4.11. The molecule has 0 aromatic heterocycles. The Kier molecular flexibility index (Phi) is 4.02. The summed E-state index contributed by atoms with van der Waals surface area (Å²) in [6.45, 7) is 14.6. The van der Waals surface area contributed by atoms with Crippen LogP contribution in [0.2, 0.25) is 0 Å². The van der Waals surface area contributed by atoms with Gasteiger partial charge in [-0.05, 0) is 24.8 Å². The Bertz CT molecular complexity index is 209. The topological polar surface area (TPSA) is 0 Å². The molecule has 0 spiro atoms. The van der Waals surface area contributed by atoms with E-state index in [0.717, 1.165) is 0 Å². The van der Waals surface area contributed by atoms with Gasteiger partial charge in [-0.3, -0.25) is 0 Å². The molecule has 0 fully saturated rings. The average molecular weight is 164 g/mol. The van der Waals surface area contributed by atoms with Crippen LogP contribution in [0.3, 0.4) is 0 Å². The van der Waals surface area contributed by atoms with Gasteiger partial charge in [-0.2, -0.15) is 0 Å². The van der Waals surface area contributed by atoms with Crippen molar-refractivity contribution in [2.24, 2.45) is 5.41 Å². The molecule has 0 aromatic rings. The van der Waals surface area contributed by atoms with Crippen molar-refractivity contribution in [2.75, 3.05) is 0 Å². The highest BCUT2D eigenvalue weighted by Crippen LogP contribution is 2.25. The van der Waals surface area contributed by atoms with Gasteiger partial charge in [-0.1, -0.05) is 51.2 Å². The summed E-state index contributed by atoms with van der Waals surface area (Å²) >= 11 is 0.